The molecule has 1 aromatic carbocycles. The van der Waals surface area contributed by atoms with E-state index in [4.69, 9.17) is 17.3 Å². The van der Waals surface area contributed by atoms with Crippen molar-refractivity contribution in [2.45, 2.75) is 6.18 Å². The van der Waals surface area contributed by atoms with Gasteiger partial charge in [-0.2, -0.15) is 13.2 Å². The molecule has 0 aliphatic heterocycles. The highest BCUT2D eigenvalue weighted by molar-refractivity contribution is 9.10. The lowest BCUT2D eigenvalue weighted by molar-refractivity contribution is -0.137. The first-order valence-electron chi connectivity index (χ1n) is 3.84. The highest BCUT2D eigenvalue weighted by Crippen LogP contribution is 2.38. The van der Waals surface area contributed by atoms with Crippen molar-refractivity contribution in [2.75, 3.05) is 5.32 Å². The molecular formula is C8H5BrClF3N2S. The largest absolute Gasteiger partial charge is 0.416 e. The van der Waals surface area contributed by atoms with Gasteiger partial charge in [-0.25, -0.2) is 0 Å². The molecule has 0 radical (unpaired) electrons. The summed E-state index contributed by atoms with van der Waals surface area (Å²) in [4.78, 5) is 0. The number of nitrogens with one attached hydrogen (secondary N) is 1. The fourth-order valence-corrected chi connectivity index (χ4v) is 2.02. The van der Waals surface area contributed by atoms with Crippen LogP contribution in [0.1, 0.15) is 5.56 Å². The van der Waals surface area contributed by atoms with Crippen LogP contribution in [0.25, 0.3) is 0 Å². The number of rotatable bonds is 1. The third-order valence-electron chi connectivity index (χ3n) is 1.62. The van der Waals surface area contributed by atoms with Crippen molar-refractivity contribution >= 4 is 50.5 Å². The molecule has 0 saturated heterocycles. The summed E-state index contributed by atoms with van der Waals surface area (Å²) in [5.74, 6) is 0. The molecule has 0 aromatic heterocycles. The van der Waals surface area contributed by atoms with E-state index in [-0.39, 0.29) is 20.3 Å². The molecule has 0 saturated carbocycles. The van der Waals surface area contributed by atoms with Crippen molar-refractivity contribution in [3.05, 3.63) is 27.2 Å². The fourth-order valence-electron chi connectivity index (χ4n) is 0.979. The third-order valence-corrected chi connectivity index (χ3v) is 2.64. The molecule has 1 aromatic rings. The van der Waals surface area contributed by atoms with Crippen molar-refractivity contribution in [1.82, 2.24) is 0 Å². The molecule has 16 heavy (non-hydrogen) atoms. The lowest BCUT2D eigenvalue weighted by atomic mass is 10.2. The van der Waals surface area contributed by atoms with Gasteiger partial charge in [-0.15, -0.1) is 0 Å². The first-order chi connectivity index (χ1) is 7.21. The summed E-state index contributed by atoms with van der Waals surface area (Å²) in [5.41, 5.74) is 4.57. The number of hydrogen-bond donors (Lipinski definition) is 2. The quantitative estimate of drug-likeness (QED) is 0.768. The Bertz CT molecular complexity index is 413. The predicted molar refractivity (Wildman–Crippen MR) is 64.6 cm³/mol. The minimum absolute atomic E-state index is 0.0811. The summed E-state index contributed by atoms with van der Waals surface area (Å²) in [6.07, 6.45) is -4.45. The van der Waals surface area contributed by atoms with Gasteiger partial charge < -0.3 is 11.1 Å². The summed E-state index contributed by atoms with van der Waals surface area (Å²) < 4.78 is 37.3. The Hall–Kier alpha value is -0.530. The second kappa shape index (κ2) is 4.77. The molecule has 2 nitrogen and oxygen atoms in total. The number of halogens is 5. The average Bonchev–Trinajstić information content (AvgIpc) is 2.09. The molecule has 0 fully saturated rings. The van der Waals surface area contributed by atoms with E-state index in [9.17, 15) is 13.2 Å². The highest BCUT2D eigenvalue weighted by atomic mass is 79.9. The van der Waals surface area contributed by atoms with Crippen molar-refractivity contribution < 1.29 is 13.2 Å². The van der Waals surface area contributed by atoms with E-state index in [1.165, 1.54) is 0 Å². The van der Waals surface area contributed by atoms with Crippen LogP contribution < -0.4 is 11.1 Å². The van der Waals surface area contributed by atoms with Gasteiger partial charge in [0.2, 0.25) is 0 Å². The molecule has 0 aliphatic rings. The number of thiocarbonyl (C=S) groups is 1. The van der Waals surface area contributed by atoms with Crippen LogP contribution in [-0.2, 0) is 6.18 Å². The Morgan fingerprint density at radius 2 is 2.00 bits per heavy atom. The van der Waals surface area contributed by atoms with Crippen molar-refractivity contribution in [1.29, 1.82) is 0 Å². The van der Waals surface area contributed by atoms with E-state index in [1.807, 2.05) is 0 Å². The molecule has 1 rings (SSSR count). The topological polar surface area (TPSA) is 38.0 Å². The molecular weight excluding hydrogens is 329 g/mol. The minimum atomic E-state index is -4.45. The van der Waals surface area contributed by atoms with E-state index in [2.05, 4.69) is 33.5 Å². The Morgan fingerprint density at radius 1 is 1.44 bits per heavy atom. The standard InChI is InChI=1S/C8H5BrClF3N2S/c9-4-1-3(8(11,12)13)2-5(10)6(4)15-7(14)16/h1-2H,(H3,14,15,16). The fraction of sp³-hybridized carbons (Fsp3) is 0.125. The lowest BCUT2D eigenvalue weighted by Gasteiger charge is -2.13. The van der Waals surface area contributed by atoms with Crippen LogP contribution in [0, 0.1) is 0 Å². The third kappa shape index (κ3) is 3.23. The van der Waals surface area contributed by atoms with Gasteiger partial charge in [-0.1, -0.05) is 11.6 Å². The zero-order chi connectivity index (χ0) is 12.5. The van der Waals surface area contributed by atoms with Crippen molar-refractivity contribution in [3.63, 3.8) is 0 Å². The summed E-state index contributed by atoms with van der Waals surface area (Å²) >= 11 is 13.2. The Kier molecular flexibility index (Phi) is 4.03. The Morgan fingerprint density at radius 3 is 2.38 bits per heavy atom. The number of nitrogens with two attached hydrogens (primary N) is 1. The number of alkyl halides is 3. The molecule has 0 atom stereocenters. The Labute approximate surface area is 108 Å². The van der Waals surface area contributed by atoms with Crippen LogP contribution in [0.15, 0.2) is 16.6 Å². The smallest absolute Gasteiger partial charge is 0.376 e. The highest BCUT2D eigenvalue weighted by Gasteiger charge is 2.31. The molecule has 0 bridgehead atoms. The summed E-state index contributed by atoms with van der Waals surface area (Å²) in [6, 6.07) is 1.69. The summed E-state index contributed by atoms with van der Waals surface area (Å²) in [7, 11) is 0. The van der Waals surface area contributed by atoms with Gasteiger partial charge in [-0.3, -0.25) is 0 Å². The van der Waals surface area contributed by atoms with Crippen LogP contribution in [0.2, 0.25) is 5.02 Å². The molecule has 0 amide bonds. The second-order valence-electron chi connectivity index (χ2n) is 2.80. The maximum absolute atomic E-state index is 12.4. The number of anilines is 1. The van der Waals surface area contributed by atoms with Crippen molar-refractivity contribution in [2.24, 2.45) is 5.73 Å². The second-order valence-corrected chi connectivity index (χ2v) is 4.50. The van der Waals surface area contributed by atoms with E-state index >= 15 is 0 Å². The van der Waals surface area contributed by atoms with E-state index in [0.29, 0.717) is 0 Å². The maximum atomic E-state index is 12.4. The maximum Gasteiger partial charge on any atom is 0.416 e. The SMILES string of the molecule is NC(=S)Nc1c(Cl)cc(C(F)(F)F)cc1Br. The van der Waals surface area contributed by atoms with Gasteiger partial charge in [0.1, 0.15) is 0 Å². The summed E-state index contributed by atoms with van der Waals surface area (Å²) in [6.45, 7) is 0. The van der Waals surface area contributed by atoms with Gasteiger partial charge in [0.05, 0.1) is 16.3 Å². The van der Waals surface area contributed by atoms with Crippen molar-refractivity contribution in [3.8, 4) is 0 Å². The zero-order valence-corrected chi connectivity index (χ0v) is 10.7. The Balaban J connectivity index is 3.23. The van der Waals surface area contributed by atoms with Crippen LogP contribution in [0.4, 0.5) is 18.9 Å². The summed E-state index contributed by atoms with van der Waals surface area (Å²) in [5, 5.41) is 2.29. The molecule has 88 valence electrons. The first-order valence-corrected chi connectivity index (χ1v) is 5.42. The molecule has 0 spiro atoms. The predicted octanol–water partition coefficient (Wildman–Crippen LogP) is 3.78. The van der Waals surface area contributed by atoms with Crippen LogP contribution >= 0.6 is 39.7 Å². The molecule has 0 heterocycles. The zero-order valence-electron chi connectivity index (χ0n) is 7.53. The van der Waals surface area contributed by atoms with Gasteiger partial charge in [0, 0.05) is 4.47 Å². The van der Waals surface area contributed by atoms with E-state index < -0.39 is 11.7 Å². The monoisotopic (exact) mass is 332 g/mol. The first kappa shape index (κ1) is 13.5. The average molecular weight is 334 g/mol. The van der Waals surface area contributed by atoms with Gasteiger partial charge >= 0.3 is 6.18 Å². The molecule has 3 N–H and O–H groups in total. The minimum Gasteiger partial charge on any atom is -0.376 e. The van der Waals surface area contributed by atoms with Crippen LogP contribution in [-0.4, -0.2) is 5.11 Å². The molecule has 8 heteroatoms. The van der Waals surface area contributed by atoms with E-state index in [1.54, 1.807) is 0 Å². The van der Waals surface area contributed by atoms with Gasteiger partial charge in [0.15, 0.2) is 5.11 Å². The van der Waals surface area contributed by atoms with Crippen LogP contribution in [0.5, 0.6) is 0 Å². The van der Waals surface area contributed by atoms with Crippen LogP contribution in [0.3, 0.4) is 0 Å². The lowest BCUT2D eigenvalue weighted by Crippen LogP contribution is -2.19. The van der Waals surface area contributed by atoms with Gasteiger partial charge in [-0.05, 0) is 40.3 Å². The van der Waals surface area contributed by atoms with Gasteiger partial charge in [0.25, 0.3) is 0 Å². The number of hydrogen-bond acceptors (Lipinski definition) is 1. The number of benzene rings is 1. The normalized spacial score (nSPS) is 11.3. The molecule has 0 unspecified atom stereocenters. The molecule has 0 aliphatic carbocycles. The van der Waals surface area contributed by atoms with E-state index in [0.717, 1.165) is 12.1 Å².